The normalized spacial score (nSPS) is 10.0. The third-order valence-electron chi connectivity index (χ3n) is 1.42. The van der Waals surface area contributed by atoms with E-state index in [4.69, 9.17) is 0 Å². The first-order valence-electron chi connectivity index (χ1n) is 3.96. The Bertz CT molecular complexity index is 313. The summed E-state index contributed by atoms with van der Waals surface area (Å²) in [6, 6.07) is 1.83. The molecule has 1 rings (SSSR count). The summed E-state index contributed by atoms with van der Waals surface area (Å²) in [5.41, 5.74) is 0. The van der Waals surface area contributed by atoms with Gasteiger partial charge in [-0.1, -0.05) is 0 Å². The van der Waals surface area contributed by atoms with Gasteiger partial charge < -0.3 is 5.32 Å². The predicted octanol–water partition coefficient (Wildman–Crippen LogP) is 1.32. The van der Waals surface area contributed by atoms with E-state index in [-0.39, 0.29) is 0 Å². The van der Waals surface area contributed by atoms with Crippen molar-refractivity contribution < 1.29 is 0 Å². The molecule has 0 aliphatic heterocycles. The van der Waals surface area contributed by atoms with Crippen LogP contribution in [0.5, 0.6) is 0 Å². The molecule has 76 valence electrons. The summed E-state index contributed by atoms with van der Waals surface area (Å²) in [6.45, 7) is 9.37. The Kier molecular flexibility index (Phi) is 5.69. The van der Waals surface area contributed by atoms with Crippen LogP contribution in [0.1, 0.15) is 0 Å². The Morgan fingerprint density at radius 2 is 2.21 bits per heavy atom. The number of nitrogens with zero attached hydrogens (tertiary/aromatic N) is 4. The van der Waals surface area contributed by atoms with Crippen molar-refractivity contribution in [1.82, 2.24) is 9.78 Å². The van der Waals surface area contributed by atoms with Crippen molar-refractivity contribution in [3.63, 3.8) is 0 Å². The van der Waals surface area contributed by atoms with Crippen LogP contribution in [0.15, 0.2) is 35.4 Å². The molecule has 0 aromatic carbocycles. The van der Waals surface area contributed by atoms with Crippen molar-refractivity contribution in [2.75, 3.05) is 12.4 Å². The lowest BCUT2D eigenvalue weighted by Gasteiger charge is -2.03. The van der Waals surface area contributed by atoms with Crippen molar-refractivity contribution in [2.45, 2.75) is 0 Å². The Labute approximate surface area is 83.9 Å². The molecular weight excluding hydrogens is 178 g/mol. The minimum atomic E-state index is 0.485. The SMILES string of the molecule is C=C.C=NC(=NC)Nc1ccnn1C. The van der Waals surface area contributed by atoms with Crippen LogP contribution >= 0.6 is 0 Å². The number of hydrogen-bond donors (Lipinski definition) is 1. The molecule has 5 heteroatoms. The van der Waals surface area contributed by atoms with Gasteiger partial charge in [-0.3, -0.25) is 9.67 Å². The minimum absolute atomic E-state index is 0.485. The predicted molar refractivity (Wildman–Crippen MR) is 61.0 cm³/mol. The van der Waals surface area contributed by atoms with Gasteiger partial charge in [0.05, 0.1) is 6.20 Å². The summed E-state index contributed by atoms with van der Waals surface area (Å²) < 4.78 is 1.69. The number of rotatable bonds is 1. The zero-order chi connectivity index (χ0) is 11.0. The van der Waals surface area contributed by atoms with E-state index in [2.05, 4.69) is 40.3 Å². The van der Waals surface area contributed by atoms with E-state index in [0.29, 0.717) is 5.96 Å². The van der Waals surface area contributed by atoms with E-state index < -0.39 is 0 Å². The van der Waals surface area contributed by atoms with Crippen molar-refractivity contribution in [2.24, 2.45) is 17.0 Å². The fourth-order valence-corrected chi connectivity index (χ4v) is 0.777. The molecule has 0 amide bonds. The highest BCUT2D eigenvalue weighted by molar-refractivity contribution is 5.95. The lowest BCUT2D eigenvalue weighted by Crippen LogP contribution is -2.11. The second kappa shape index (κ2) is 6.59. The van der Waals surface area contributed by atoms with Crippen LogP contribution in [-0.4, -0.2) is 29.5 Å². The van der Waals surface area contributed by atoms with Crippen LogP contribution in [0.25, 0.3) is 0 Å². The molecule has 0 bridgehead atoms. The maximum atomic E-state index is 3.98. The first-order valence-corrected chi connectivity index (χ1v) is 3.96. The summed E-state index contributed by atoms with van der Waals surface area (Å²) in [7, 11) is 3.48. The van der Waals surface area contributed by atoms with Gasteiger partial charge in [0.25, 0.3) is 0 Å². The molecule has 1 aromatic rings. The van der Waals surface area contributed by atoms with Gasteiger partial charge in [0.15, 0.2) is 0 Å². The van der Waals surface area contributed by atoms with Crippen molar-refractivity contribution >= 4 is 18.5 Å². The molecule has 0 atom stereocenters. The molecule has 5 nitrogen and oxygen atoms in total. The zero-order valence-corrected chi connectivity index (χ0v) is 8.56. The Morgan fingerprint density at radius 3 is 2.57 bits per heavy atom. The van der Waals surface area contributed by atoms with Crippen LogP contribution in [-0.2, 0) is 7.05 Å². The van der Waals surface area contributed by atoms with Gasteiger partial charge in [0, 0.05) is 20.2 Å². The molecule has 0 spiro atoms. The molecule has 0 fully saturated rings. The third kappa shape index (κ3) is 3.22. The van der Waals surface area contributed by atoms with Gasteiger partial charge in [-0.05, 0) is 6.72 Å². The van der Waals surface area contributed by atoms with Gasteiger partial charge in [0.2, 0.25) is 5.96 Å². The quantitative estimate of drug-likeness (QED) is 0.415. The van der Waals surface area contributed by atoms with Crippen LogP contribution < -0.4 is 5.32 Å². The van der Waals surface area contributed by atoms with E-state index in [1.54, 1.807) is 17.9 Å². The Morgan fingerprint density at radius 1 is 1.57 bits per heavy atom. The van der Waals surface area contributed by atoms with E-state index in [9.17, 15) is 0 Å². The number of hydrogen-bond acceptors (Lipinski definition) is 2. The zero-order valence-electron chi connectivity index (χ0n) is 8.56. The average molecular weight is 193 g/mol. The fourth-order valence-electron chi connectivity index (χ4n) is 0.777. The minimum Gasteiger partial charge on any atom is -0.309 e. The molecule has 1 aromatic heterocycles. The lowest BCUT2D eigenvalue weighted by atomic mass is 10.6. The van der Waals surface area contributed by atoms with Crippen molar-refractivity contribution in [3.8, 4) is 0 Å². The topological polar surface area (TPSA) is 54.6 Å². The largest absolute Gasteiger partial charge is 0.309 e. The standard InChI is InChI=1S/C7H11N5.C2H4/c1-8-7(9-2)11-6-4-5-10-12(6)3;1-2/h4-5H,1H2,2-3H3,(H,9,11);1-2H2. The number of aryl methyl sites for hydroxylation is 1. The maximum absolute atomic E-state index is 3.98. The van der Waals surface area contributed by atoms with Crippen LogP contribution in [0.4, 0.5) is 5.82 Å². The van der Waals surface area contributed by atoms with E-state index in [1.165, 1.54) is 0 Å². The lowest BCUT2D eigenvalue weighted by molar-refractivity contribution is 0.777. The second-order valence-electron chi connectivity index (χ2n) is 2.17. The van der Waals surface area contributed by atoms with E-state index in [0.717, 1.165) is 5.82 Å². The smallest absolute Gasteiger partial charge is 0.222 e. The Hall–Kier alpha value is -1.91. The number of nitrogens with one attached hydrogen (secondary N) is 1. The van der Waals surface area contributed by atoms with Crippen molar-refractivity contribution in [1.29, 1.82) is 0 Å². The molecule has 0 saturated carbocycles. The van der Waals surface area contributed by atoms with Gasteiger partial charge in [-0.15, -0.1) is 13.2 Å². The summed E-state index contributed by atoms with van der Waals surface area (Å²) >= 11 is 0. The number of aromatic nitrogens is 2. The molecule has 0 unspecified atom stereocenters. The van der Waals surface area contributed by atoms with E-state index >= 15 is 0 Å². The van der Waals surface area contributed by atoms with Crippen LogP contribution in [0, 0.1) is 0 Å². The van der Waals surface area contributed by atoms with Gasteiger partial charge in [-0.2, -0.15) is 5.10 Å². The van der Waals surface area contributed by atoms with Gasteiger partial charge >= 0.3 is 0 Å². The first kappa shape index (κ1) is 12.1. The maximum Gasteiger partial charge on any atom is 0.222 e. The molecule has 0 aliphatic carbocycles. The highest BCUT2D eigenvalue weighted by Gasteiger charge is 1.98. The Balaban J connectivity index is 0.000000791. The van der Waals surface area contributed by atoms with Crippen LogP contribution in [0.3, 0.4) is 0 Å². The second-order valence-corrected chi connectivity index (χ2v) is 2.17. The summed E-state index contributed by atoms with van der Waals surface area (Å²) in [6.07, 6.45) is 1.69. The number of guanidine groups is 1. The fraction of sp³-hybridized carbons (Fsp3) is 0.222. The highest BCUT2D eigenvalue weighted by Crippen LogP contribution is 2.02. The molecule has 14 heavy (non-hydrogen) atoms. The molecule has 0 radical (unpaired) electrons. The molecule has 1 N–H and O–H groups in total. The average Bonchev–Trinajstić information content (AvgIpc) is 2.63. The summed E-state index contributed by atoms with van der Waals surface area (Å²) in [5, 5.41) is 6.92. The molecule has 1 heterocycles. The van der Waals surface area contributed by atoms with Crippen LogP contribution in [0.2, 0.25) is 0 Å². The van der Waals surface area contributed by atoms with Gasteiger partial charge in [0.1, 0.15) is 5.82 Å². The summed E-state index contributed by atoms with van der Waals surface area (Å²) in [5.74, 6) is 1.32. The molecule has 0 saturated heterocycles. The van der Waals surface area contributed by atoms with E-state index in [1.807, 2.05) is 13.1 Å². The first-order chi connectivity index (χ1) is 6.77. The number of aliphatic imine (C=N–C) groups is 2. The third-order valence-corrected chi connectivity index (χ3v) is 1.42. The monoisotopic (exact) mass is 193 g/mol. The number of anilines is 1. The highest BCUT2D eigenvalue weighted by atomic mass is 15.3. The molecule has 0 aliphatic rings. The van der Waals surface area contributed by atoms with Crippen molar-refractivity contribution in [3.05, 3.63) is 25.4 Å². The van der Waals surface area contributed by atoms with Gasteiger partial charge in [-0.25, -0.2) is 4.99 Å². The summed E-state index contributed by atoms with van der Waals surface area (Å²) in [4.78, 5) is 7.53. The molecular formula is C9H15N5.